The number of nitrogens with zero attached hydrogens (tertiary/aromatic N) is 2. The van der Waals surface area contributed by atoms with Crippen molar-refractivity contribution in [3.63, 3.8) is 0 Å². The molecule has 1 aliphatic heterocycles. The minimum atomic E-state index is -0.131. The van der Waals surface area contributed by atoms with E-state index in [4.69, 9.17) is 4.74 Å². The second-order valence-corrected chi connectivity index (χ2v) is 6.01. The van der Waals surface area contributed by atoms with Gasteiger partial charge in [-0.2, -0.15) is 5.10 Å². The van der Waals surface area contributed by atoms with E-state index in [1.165, 1.54) is 0 Å². The Morgan fingerprint density at radius 2 is 2.25 bits per heavy atom. The second-order valence-electron chi connectivity index (χ2n) is 6.01. The van der Waals surface area contributed by atoms with Crippen LogP contribution < -0.4 is 0 Å². The molecule has 1 saturated carbocycles. The number of carbonyl (C=O) groups is 1. The lowest BCUT2D eigenvalue weighted by molar-refractivity contribution is -0.145. The highest BCUT2D eigenvalue weighted by molar-refractivity contribution is 5.84. The van der Waals surface area contributed by atoms with Crippen molar-refractivity contribution in [2.45, 2.75) is 58.1 Å². The number of hydrogen-bond donors (Lipinski definition) is 1. The maximum atomic E-state index is 12.9. The van der Waals surface area contributed by atoms with Crippen LogP contribution in [-0.4, -0.2) is 46.3 Å². The summed E-state index contributed by atoms with van der Waals surface area (Å²) in [6.45, 7) is 7.33. The van der Waals surface area contributed by atoms with Gasteiger partial charge in [0.05, 0.1) is 30.4 Å². The average Bonchev–Trinajstić information content (AvgIpc) is 3.04. The second kappa shape index (κ2) is 5.20. The molecule has 1 N–H and O–H groups in total. The standard InChI is InChI=1S/C15H23N3O2/c1-9(14-10(2)16-17-11(14)3)15(19)18-7-8-20-13-6-4-5-12(13)18/h9,12-13H,4-8H2,1-3H3,(H,16,17). The van der Waals surface area contributed by atoms with Gasteiger partial charge in [0.1, 0.15) is 0 Å². The number of fused-ring (bicyclic) bond motifs is 1. The molecule has 3 rings (SSSR count). The number of morpholine rings is 1. The van der Waals surface area contributed by atoms with Crippen molar-refractivity contribution in [3.8, 4) is 0 Å². The lowest BCUT2D eigenvalue weighted by atomic mass is 9.96. The predicted molar refractivity (Wildman–Crippen MR) is 75.6 cm³/mol. The number of amides is 1. The summed E-state index contributed by atoms with van der Waals surface area (Å²) in [5.41, 5.74) is 2.98. The van der Waals surface area contributed by atoms with Crippen LogP contribution in [0.1, 0.15) is 49.1 Å². The van der Waals surface area contributed by atoms with Crippen LogP contribution in [0, 0.1) is 13.8 Å². The number of hydrogen-bond acceptors (Lipinski definition) is 3. The van der Waals surface area contributed by atoms with Crippen LogP contribution in [0.15, 0.2) is 0 Å². The Bertz CT molecular complexity index is 492. The Morgan fingerprint density at radius 3 is 2.95 bits per heavy atom. The molecular formula is C15H23N3O2. The van der Waals surface area contributed by atoms with Crippen molar-refractivity contribution >= 4 is 5.91 Å². The highest BCUT2D eigenvalue weighted by Crippen LogP contribution is 2.32. The molecule has 3 atom stereocenters. The van der Waals surface area contributed by atoms with Gasteiger partial charge in [-0.15, -0.1) is 0 Å². The molecule has 1 saturated heterocycles. The molecule has 1 aromatic heterocycles. The van der Waals surface area contributed by atoms with Crippen molar-refractivity contribution in [1.82, 2.24) is 15.1 Å². The molecule has 5 nitrogen and oxygen atoms in total. The summed E-state index contributed by atoms with van der Waals surface area (Å²) in [6, 6.07) is 0.284. The smallest absolute Gasteiger partial charge is 0.230 e. The Labute approximate surface area is 119 Å². The van der Waals surface area contributed by atoms with E-state index in [9.17, 15) is 4.79 Å². The van der Waals surface area contributed by atoms with Gasteiger partial charge in [-0.3, -0.25) is 9.89 Å². The number of rotatable bonds is 2. The zero-order chi connectivity index (χ0) is 14.3. The van der Waals surface area contributed by atoms with E-state index in [0.717, 1.165) is 42.8 Å². The largest absolute Gasteiger partial charge is 0.374 e. The molecule has 2 aliphatic rings. The highest BCUT2D eigenvalue weighted by Gasteiger charge is 2.40. The number of nitrogens with one attached hydrogen (secondary N) is 1. The molecule has 1 amide bonds. The molecular weight excluding hydrogens is 254 g/mol. The van der Waals surface area contributed by atoms with Gasteiger partial charge in [0.2, 0.25) is 5.91 Å². The van der Waals surface area contributed by atoms with Crippen LogP contribution in [0.4, 0.5) is 0 Å². The molecule has 1 aliphatic carbocycles. The van der Waals surface area contributed by atoms with Gasteiger partial charge >= 0.3 is 0 Å². The van der Waals surface area contributed by atoms with E-state index in [2.05, 4.69) is 15.1 Å². The fourth-order valence-electron chi connectivity index (χ4n) is 3.77. The van der Waals surface area contributed by atoms with E-state index in [0.29, 0.717) is 6.61 Å². The molecule has 1 aromatic rings. The first-order valence-corrected chi connectivity index (χ1v) is 7.53. The number of H-pyrrole nitrogens is 1. The summed E-state index contributed by atoms with van der Waals surface area (Å²) in [6.07, 6.45) is 3.59. The topological polar surface area (TPSA) is 58.2 Å². The first kappa shape index (κ1) is 13.6. The van der Waals surface area contributed by atoms with Crippen molar-refractivity contribution in [1.29, 1.82) is 0 Å². The Balaban J connectivity index is 1.81. The Morgan fingerprint density at radius 1 is 1.45 bits per heavy atom. The van der Waals surface area contributed by atoms with Crippen LogP contribution in [0.3, 0.4) is 0 Å². The van der Waals surface area contributed by atoms with Gasteiger partial charge in [0.15, 0.2) is 0 Å². The predicted octanol–water partition coefficient (Wildman–Crippen LogP) is 1.91. The van der Waals surface area contributed by atoms with Crippen molar-refractivity contribution in [2.24, 2.45) is 0 Å². The van der Waals surface area contributed by atoms with E-state index in [1.807, 2.05) is 20.8 Å². The summed E-state index contributed by atoms with van der Waals surface area (Å²) in [5.74, 6) is 0.0888. The average molecular weight is 277 g/mol. The molecule has 0 bridgehead atoms. The number of aryl methyl sites for hydroxylation is 2. The highest BCUT2D eigenvalue weighted by atomic mass is 16.5. The molecule has 0 aromatic carbocycles. The Hall–Kier alpha value is -1.36. The number of carbonyl (C=O) groups excluding carboxylic acids is 1. The third-order valence-electron chi connectivity index (χ3n) is 4.75. The number of ether oxygens (including phenoxy) is 1. The molecule has 5 heteroatoms. The maximum Gasteiger partial charge on any atom is 0.230 e. The van der Waals surface area contributed by atoms with Gasteiger partial charge < -0.3 is 9.64 Å². The molecule has 110 valence electrons. The summed E-state index contributed by atoms with van der Waals surface area (Å²) in [4.78, 5) is 14.9. The third kappa shape index (κ3) is 2.14. The van der Waals surface area contributed by atoms with Crippen LogP contribution >= 0.6 is 0 Å². The molecule has 20 heavy (non-hydrogen) atoms. The van der Waals surface area contributed by atoms with Crippen LogP contribution in [0.2, 0.25) is 0 Å². The maximum absolute atomic E-state index is 12.9. The van der Waals surface area contributed by atoms with Crippen LogP contribution in [0.5, 0.6) is 0 Å². The molecule has 2 fully saturated rings. The normalized spacial score (nSPS) is 27.4. The number of aromatic amines is 1. The van der Waals surface area contributed by atoms with Crippen molar-refractivity contribution < 1.29 is 9.53 Å². The molecule has 0 radical (unpaired) electrons. The van der Waals surface area contributed by atoms with Gasteiger partial charge in [0.25, 0.3) is 0 Å². The van der Waals surface area contributed by atoms with E-state index in [-0.39, 0.29) is 24.0 Å². The zero-order valence-electron chi connectivity index (χ0n) is 12.5. The minimum absolute atomic E-state index is 0.131. The van der Waals surface area contributed by atoms with E-state index in [1.54, 1.807) is 0 Å². The van der Waals surface area contributed by atoms with E-state index >= 15 is 0 Å². The molecule has 0 spiro atoms. The SMILES string of the molecule is Cc1n[nH]c(C)c1C(C)C(=O)N1CCOC2CCCC21. The zero-order valence-corrected chi connectivity index (χ0v) is 12.5. The lowest BCUT2D eigenvalue weighted by Crippen LogP contribution is -2.52. The fourth-order valence-corrected chi connectivity index (χ4v) is 3.77. The van der Waals surface area contributed by atoms with Gasteiger partial charge in [-0.05, 0) is 40.0 Å². The van der Waals surface area contributed by atoms with Gasteiger partial charge in [-0.25, -0.2) is 0 Å². The summed E-state index contributed by atoms with van der Waals surface area (Å²) in [5, 5.41) is 7.19. The summed E-state index contributed by atoms with van der Waals surface area (Å²) >= 11 is 0. The van der Waals surface area contributed by atoms with Crippen LogP contribution in [0.25, 0.3) is 0 Å². The third-order valence-corrected chi connectivity index (χ3v) is 4.75. The summed E-state index contributed by atoms with van der Waals surface area (Å²) in [7, 11) is 0. The van der Waals surface area contributed by atoms with Gasteiger partial charge in [0, 0.05) is 17.8 Å². The first-order chi connectivity index (χ1) is 9.59. The van der Waals surface area contributed by atoms with Crippen molar-refractivity contribution in [3.05, 3.63) is 17.0 Å². The number of aromatic nitrogens is 2. The quantitative estimate of drug-likeness (QED) is 0.898. The molecule has 3 unspecified atom stereocenters. The van der Waals surface area contributed by atoms with E-state index < -0.39 is 0 Å². The minimum Gasteiger partial charge on any atom is -0.374 e. The molecule has 2 heterocycles. The van der Waals surface area contributed by atoms with Gasteiger partial charge in [-0.1, -0.05) is 0 Å². The first-order valence-electron chi connectivity index (χ1n) is 7.53. The monoisotopic (exact) mass is 277 g/mol. The fraction of sp³-hybridized carbons (Fsp3) is 0.733. The van der Waals surface area contributed by atoms with Crippen molar-refractivity contribution in [2.75, 3.05) is 13.2 Å². The van der Waals surface area contributed by atoms with Crippen LogP contribution in [-0.2, 0) is 9.53 Å². The summed E-state index contributed by atoms with van der Waals surface area (Å²) < 4.78 is 5.79. The lowest BCUT2D eigenvalue weighted by Gasteiger charge is -2.39. The Kier molecular flexibility index (Phi) is 3.54.